The molecule has 0 radical (unpaired) electrons. The lowest BCUT2D eigenvalue weighted by atomic mass is 9.86. The summed E-state index contributed by atoms with van der Waals surface area (Å²) >= 11 is 0. The van der Waals surface area contributed by atoms with E-state index in [-0.39, 0.29) is 25.0 Å². The zero-order chi connectivity index (χ0) is 22.5. The minimum absolute atomic E-state index is 0.0552. The van der Waals surface area contributed by atoms with Crippen molar-refractivity contribution in [2.24, 2.45) is 0 Å². The first-order chi connectivity index (χ1) is 15.5. The second-order valence-electron chi connectivity index (χ2n) is 8.27. The Morgan fingerprint density at radius 3 is 2.44 bits per heavy atom. The molecule has 6 heteroatoms. The van der Waals surface area contributed by atoms with Crippen LogP contribution < -0.4 is 5.11 Å². The molecule has 166 valence electrons. The van der Waals surface area contributed by atoms with Crippen molar-refractivity contribution in [2.45, 2.75) is 37.9 Å². The molecular formula is C26H26NO5-. The highest BCUT2D eigenvalue weighted by atomic mass is 16.5. The number of carbonyl (C=O) groups excluding carboxylic acids is 1. The second-order valence-corrected chi connectivity index (χ2v) is 8.27. The van der Waals surface area contributed by atoms with Gasteiger partial charge >= 0.3 is 5.97 Å². The van der Waals surface area contributed by atoms with Gasteiger partial charge in [0.2, 0.25) is 0 Å². The molecule has 0 aliphatic carbocycles. The molecule has 1 saturated heterocycles. The van der Waals surface area contributed by atoms with Crippen LogP contribution in [0.2, 0.25) is 0 Å². The normalized spacial score (nSPS) is 18.6. The van der Waals surface area contributed by atoms with E-state index >= 15 is 0 Å². The molecule has 3 aromatic rings. The predicted molar refractivity (Wildman–Crippen MR) is 119 cm³/mol. The third-order valence-corrected chi connectivity index (χ3v) is 6.13. The molecule has 0 saturated carbocycles. The van der Waals surface area contributed by atoms with Gasteiger partial charge < -0.3 is 24.6 Å². The molecule has 1 fully saturated rings. The SMILES string of the molecule is O=C(O)CCc1ccc(C2CCN(C(=O)[O-])CC2OCc2ccc3ccccc3c2)cc1. The van der Waals surface area contributed by atoms with Crippen LogP contribution in [0.25, 0.3) is 10.8 Å². The van der Waals surface area contributed by atoms with E-state index in [1.807, 2.05) is 42.5 Å². The predicted octanol–water partition coefficient (Wildman–Crippen LogP) is 3.58. The van der Waals surface area contributed by atoms with Crippen molar-refractivity contribution >= 4 is 22.8 Å². The number of hydrogen-bond acceptors (Lipinski definition) is 4. The molecule has 4 rings (SSSR count). The van der Waals surface area contributed by atoms with Crippen LogP contribution in [-0.2, 0) is 22.6 Å². The zero-order valence-corrected chi connectivity index (χ0v) is 17.8. The molecule has 1 aliphatic heterocycles. The number of hydrogen-bond donors (Lipinski definition) is 1. The van der Waals surface area contributed by atoms with Gasteiger partial charge in [0.05, 0.1) is 12.7 Å². The van der Waals surface area contributed by atoms with Crippen LogP contribution in [0, 0.1) is 0 Å². The van der Waals surface area contributed by atoms with Crippen LogP contribution in [0.3, 0.4) is 0 Å². The number of likely N-dealkylation sites (tertiary alicyclic amines) is 1. The first kappa shape index (κ1) is 21.8. The smallest absolute Gasteiger partial charge is 0.303 e. The van der Waals surface area contributed by atoms with Crippen molar-refractivity contribution in [3.63, 3.8) is 0 Å². The van der Waals surface area contributed by atoms with Crippen molar-refractivity contribution in [1.29, 1.82) is 0 Å². The zero-order valence-electron chi connectivity index (χ0n) is 17.8. The number of amides is 1. The number of carboxylic acids is 1. The first-order valence-corrected chi connectivity index (χ1v) is 10.9. The number of aliphatic carboxylic acids is 1. The van der Waals surface area contributed by atoms with Crippen LogP contribution in [0.15, 0.2) is 66.7 Å². The average molecular weight is 432 g/mol. The third kappa shape index (κ3) is 5.26. The summed E-state index contributed by atoms with van der Waals surface area (Å²) < 4.78 is 6.26. The van der Waals surface area contributed by atoms with E-state index in [2.05, 4.69) is 24.3 Å². The monoisotopic (exact) mass is 432 g/mol. The fourth-order valence-electron chi connectivity index (χ4n) is 4.35. The Kier molecular flexibility index (Phi) is 6.71. The van der Waals surface area contributed by atoms with E-state index in [1.54, 1.807) is 0 Å². The molecule has 0 spiro atoms. The van der Waals surface area contributed by atoms with E-state index in [1.165, 1.54) is 4.90 Å². The summed E-state index contributed by atoms with van der Waals surface area (Å²) in [6, 6.07) is 22.2. The maximum Gasteiger partial charge on any atom is 0.303 e. The summed E-state index contributed by atoms with van der Waals surface area (Å²) in [7, 11) is 0. The van der Waals surface area contributed by atoms with Gasteiger partial charge in [-0.05, 0) is 46.4 Å². The van der Waals surface area contributed by atoms with Crippen LogP contribution in [-0.4, -0.2) is 41.3 Å². The number of nitrogens with zero attached hydrogens (tertiary/aromatic N) is 1. The Bertz CT molecular complexity index is 1090. The third-order valence-electron chi connectivity index (χ3n) is 6.13. The number of rotatable bonds is 7. The van der Waals surface area contributed by atoms with Crippen molar-refractivity contribution in [3.8, 4) is 0 Å². The highest BCUT2D eigenvalue weighted by Crippen LogP contribution is 2.31. The number of carboxylic acid groups (broad SMARTS) is 2. The van der Waals surface area contributed by atoms with Crippen LogP contribution in [0.5, 0.6) is 0 Å². The number of carbonyl (C=O) groups is 2. The van der Waals surface area contributed by atoms with Crippen molar-refractivity contribution in [1.82, 2.24) is 4.90 Å². The van der Waals surface area contributed by atoms with E-state index in [0.29, 0.717) is 26.0 Å². The van der Waals surface area contributed by atoms with Gasteiger partial charge in [-0.25, -0.2) is 0 Å². The number of piperidine rings is 1. The molecule has 1 heterocycles. The Morgan fingerprint density at radius 1 is 1.00 bits per heavy atom. The number of aryl methyl sites for hydroxylation is 1. The van der Waals surface area contributed by atoms with Crippen molar-refractivity contribution in [2.75, 3.05) is 13.1 Å². The topological polar surface area (TPSA) is 89.9 Å². The van der Waals surface area contributed by atoms with Gasteiger partial charge in [0.1, 0.15) is 6.09 Å². The van der Waals surface area contributed by atoms with E-state index in [0.717, 1.165) is 27.5 Å². The minimum atomic E-state index is -1.17. The summed E-state index contributed by atoms with van der Waals surface area (Å²) in [5.41, 5.74) is 3.08. The van der Waals surface area contributed by atoms with Crippen molar-refractivity contribution < 1.29 is 24.5 Å². The molecular weight excluding hydrogens is 406 g/mol. The van der Waals surface area contributed by atoms with Crippen LogP contribution in [0.4, 0.5) is 4.79 Å². The molecule has 2 atom stereocenters. The first-order valence-electron chi connectivity index (χ1n) is 10.9. The Hall–Kier alpha value is -3.38. The molecule has 0 aromatic heterocycles. The fourth-order valence-corrected chi connectivity index (χ4v) is 4.35. The molecule has 1 N–H and O–H groups in total. The fraction of sp³-hybridized carbons (Fsp3) is 0.308. The summed E-state index contributed by atoms with van der Waals surface area (Å²) in [4.78, 5) is 23.6. The molecule has 6 nitrogen and oxygen atoms in total. The lowest BCUT2D eigenvalue weighted by Gasteiger charge is -2.40. The highest BCUT2D eigenvalue weighted by Gasteiger charge is 2.31. The maximum atomic E-state index is 11.4. The molecule has 2 unspecified atom stereocenters. The second kappa shape index (κ2) is 9.83. The lowest BCUT2D eigenvalue weighted by molar-refractivity contribution is -0.268. The Labute approximate surface area is 187 Å². The van der Waals surface area contributed by atoms with Gasteiger partial charge in [-0.1, -0.05) is 60.7 Å². The van der Waals surface area contributed by atoms with Gasteiger partial charge in [0.15, 0.2) is 0 Å². The van der Waals surface area contributed by atoms with E-state index < -0.39 is 12.1 Å². The van der Waals surface area contributed by atoms with Gasteiger partial charge in [-0.2, -0.15) is 0 Å². The van der Waals surface area contributed by atoms with Gasteiger partial charge in [0, 0.05) is 25.4 Å². The summed E-state index contributed by atoms with van der Waals surface area (Å²) in [5.74, 6) is -0.759. The molecule has 0 bridgehead atoms. The van der Waals surface area contributed by atoms with Crippen LogP contribution in [0.1, 0.15) is 35.4 Å². The molecule has 3 aromatic carbocycles. The van der Waals surface area contributed by atoms with Gasteiger partial charge in [-0.15, -0.1) is 0 Å². The standard InChI is InChI=1S/C26H27NO5/c28-25(29)12-8-18-5-10-21(11-6-18)23-13-14-27(26(30)31)16-24(23)32-17-19-7-9-20-3-1-2-4-22(20)15-19/h1-7,9-11,15,23-24H,8,12-14,16-17H2,(H,28,29)(H,30,31)/p-1. The minimum Gasteiger partial charge on any atom is -0.530 e. The quantitative estimate of drug-likeness (QED) is 0.616. The summed E-state index contributed by atoms with van der Waals surface area (Å²) in [6.07, 6.45) is -0.239. The Morgan fingerprint density at radius 2 is 1.72 bits per heavy atom. The van der Waals surface area contributed by atoms with Crippen LogP contribution >= 0.6 is 0 Å². The van der Waals surface area contributed by atoms with E-state index in [9.17, 15) is 14.7 Å². The lowest BCUT2D eigenvalue weighted by Crippen LogP contribution is -2.51. The van der Waals surface area contributed by atoms with E-state index in [4.69, 9.17) is 9.84 Å². The molecule has 1 amide bonds. The van der Waals surface area contributed by atoms with Crippen molar-refractivity contribution in [3.05, 3.63) is 83.4 Å². The number of benzene rings is 3. The maximum absolute atomic E-state index is 11.4. The highest BCUT2D eigenvalue weighted by molar-refractivity contribution is 5.82. The summed E-state index contributed by atoms with van der Waals surface area (Å²) in [6.45, 7) is 1.06. The van der Waals surface area contributed by atoms with Gasteiger partial charge in [0.25, 0.3) is 0 Å². The largest absolute Gasteiger partial charge is 0.530 e. The number of ether oxygens (including phenoxy) is 1. The average Bonchev–Trinajstić information content (AvgIpc) is 2.81. The Balaban J connectivity index is 1.48. The molecule has 1 aliphatic rings. The summed E-state index contributed by atoms with van der Waals surface area (Å²) in [5, 5.41) is 22.6. The van der Waals surface area contributed by atoms with Gasteiger partial charge in [-0.3, -0.25) is 4.79 Å². The molecule has 32 heavy (non-hydrogen) atoms. The number of fused-ring (bicyclic) bond motifs is 1.